The smallest absolute Gasteiger partial charge is 0.129 e. The minimum atomic E-state index is -0.593. The SMILES string of the molecule is Cc1cccc(CN(Cc2ccco2)C[C@H](O)COCc2ccco2)c1. The molecule has 0 amide bonds. The average Bonchev–Trinajstić information content (AvgIpc) is 3.28. The molecule has 1 N–H and O–H groups in total. The normalized spacial score (nSPS) is 12.6. The molecule has 0 bridgehead atoms. The molecule has 5 nitrogen and oxygen atoms in total. The molecule has 0 saturated heterocycles. The Morgan fingerprint density at radius 1 is 1.00 bits per heavy atom. The Morgan fingerprint density at radius 3 is 2.46 bits per heavy atom. The first-order valence-electron chi connectivity index (χ1n) is 8.77. The molecule has 26 heavy (non-hydrogen) atoms. The number of aryl methyl sites for hydroxylation is 1. The monoisotopic (exact) mass is 355 g/mol. The molecule has 0 aliphatic carbocycles. The Hall–Kier alpha value is -2.34. The highest BCUT2D eigenvalue weighted by atomic mass is 16.5. The van der Waals surface area contributed by atoms with E-state index in [0.29, 0.717) is 19.7 Å². The third kappa shape index (κ3) is 5.88. The molecule has 1 atom stereocenters. The topological polar surface area (TPSA) is 59.0 Å². The fourth-order valence-electron chi connectivity index (χ4n) is 2.92. The predicted molar refractivity (Wildman–Crippen MR) is 98.4 cm³/mol. The van der Waals surface area contributed by atoms with E-state index in [9.17, 15) is 5.11 Å². The van der Waals surface area contributed by atoms with E-state index in [2.05, 4.69) is 36.1 Å². The van der Waals surface area contributed by atoms with Gasteiger partial charge in [-0.25, -0.2) is 0 Å². The van der Waals surface area contributed by atoms with E-state index in [0.717, 1.165) is 18.1 Å². The van der Waals surface area contributed by atoms with E-state index in [-0.39, 0.29) is 6.61 Å². The number of hydrogen-bond acceptors (Lipinski definition) is 5. The van der Waals surface area contributed by atoms with Gasteiger partial charge < -0.3 is 18.7 Å². The van der Waals surface area contributed by atoms with Gasteiger partial charge in [0, 0.05) is 13.1 Å². The second kappa shape index (κ2) is 9.38. The largest absolute Gasteiger partial charge is 0.468 e. The van der Waals surface area contributed by atoms with Crippen molar-refractivity contribution in [3.63, 3.8) is 0 Å². The zero-order chi connectivity index (χ0) is 18.2. The van der Waals surface area contributed by atoms with Crippen LogP contribution in [0.5, 0.6) is 0 Å². The number of aliphatic hydroxyl groups is 1. The third-order valence-corrected chi connectivity index (χ3v) is 4.05. The highest BCUT2D eigenvalue weighted by molar-refractivity contribution is 5.22. The van der Waals surface area contributed by atoms with Crippen molar-refractivity contribution >= 4 is 0 Å². The van der Waals surface area contributed by atoms with Crippen LogP contribution in [-0.4, -0.2) is 29.3 Å². The summed E-state index contributed by atoms with van der Waals surface area (Å²) in [5.41, 5.74) is 2.43. The van der Waals surface area contributed by atoms with Crippen molar-refractivity contribution in [1.82, 2.24) is 4.90 Å². The van der Waals surface area contributed by atoms with E-state index in [1.807, 2.05) is 24.3 Å². The van der Waals surface area contributed by atoms with Crippen molar-refractivity contribution in [2.45, 2.75) is 32.7 Å². The lowest BCUT2D eigenvalue weighted by Crippen LogP contribution is -2.34. The summed E-state index contributed by atoms with van der Waals surface area (Å²) in [6.45, 7) is 4.56. The van der Waals surface area contributed by atoms with Gasteiger partial charge in [-0.15, -0.1) is 0 Å². The Balaban J connectivity index is 1.55. The van der Waals surface area contributed by atoms with Crippen molar-refractivity contribution in [3.8, 4) is 0 Å². The number of rotatable bonds is 10. The maximum absolute atomic E-state index is 10.4. The van der Waals surface area contributed by atoms with Crippen molar-refractivity contribution in [2.24, 2.45) is 0 Å². The zero-order valence-corrected chi connectivity index (χ0v) is 15.0. The lowest BCUT2D eigenvalue weighted by atomic mass is 10.1. The van der Waals surface area contributed by atoms with Gasteiger partial charge in [0.15, 0.2) is 0 Å². The highest BCUT2D eigenvalue weighted by Crippen LogP contribution is 2.13. The first kappa shape index (κ1) is 18.5. The quantitative estimate of drug-likeness (QED) is 0.600. The summed E-state index contributed by atoms with van der Waals surface area (Å²) < 4.78 is 16.2. The molecule has 0 aliphatic rings. The van der Waals surface area contributed by atoms with Gasteiger partial charge in [-0.05, 0) is 36.8 Å². The van der Waals surface area contributed by atoms with E-state index >= 15 is 0 Å². The number of ether oxygens (including phenoxy) is 1. The minimum Gasteiger partial charge on any atom is -0.468 e. The molecule has 5 heteroatoms. The molecule has 3 rings (SSSR count). The van der Waals surface area contributed by atoms with Crippen LogP contribution in [0.3, 0.4) is 0 Å². The van der Waals surface area contributed by atoms with Crippen molar-refractivity contribution < 1.29 is 18.7 Å². The summed E-state index contributed by atoms with van der Waals surface area (Å²) in [5.74, 6) is 1.63. The van der Waals surface area contributed by atoms with Gasteiger partial charge in [-0.3, -0.25) is 4.90 Å². The molecule has 0 fully saturated rings. The molecule has 3 aromatic rings. The van der Waals surface area contributed by atoms with Gasteiger partial charge in [0.25, 0.3) is 0 Å². The van der Waals surface area contributed by atoms with Crippen molar-refractivity contribution in [2.75, 3.05) is 13.2 Å². The third-order valence-electron chi connectivity index (χ3n) is 4.05. The molecule has 0 unspecified atom stereocenters. The maximum atomic E-state index is 10.4. The molecule has 0 radical (unpaired) electrons. The molecular weight excluding hydrogens is 330 g/mol. The van der Waals surface area contributed by atoms with Crippen LogP contribution in [0.2, 0.25) is 0 Å². The van der Waals surface area contributed by atoms with Gasteiger partial charge in [-0.1, -0.05) is 29.8 Å². The van der Waals surface area contributed by atoms with Crippen LogP contribution in [0.15, 0.2) is 69.9 Å². The number of benzene rings is 1. The van der Waals surface area contributed by atoms with Crippen LogP contribution in [0.25, 0.3) is 0 Å². The number of aliphatic hydroxyl groups excluding tert-OH is 1. The van der Waals surface area contributed by atoms with E-state index in [1.165, 1.54) is 11.1 Å². The van der Waals surface area contributed by atoms with Crippen LogP contribution in [-0.2, 0) is 24.4 Å². The standard InChI is InChI=1S/C21H25NO4/c1-17-5-2-6-18(11-17)12-22(14-20-7-3-9-25-20)13-19(23)15-24-16-21-8-4-10-26-21/h2-11,19,23H,12-16H2,1H3/t19-/m0/s1. The number of nitrogens with zero attached hydrogens (tertiary/aromatic N) is 1. The maximum Gasteiger partial charge on any atom is 0.129 e. The summed E-state index contributed by atoms with van der Waals surface area (Å²) in [7, 11) is 0. The molecule has 138 valence electrons. The van der Waals surface area contributed by atoms with E-state index in [1.54, 1.807) is 12.5 Å². The van der Waals surface area contributed by atoms with E-state index in [4.69, 9.17) is 13.6 Å². The number of furan rings is 2. The summed E-state index contributed by atoms with van der Waals surface area (Å²) in [6, 6.07) is 15.9. The second-order valence-corrected chi connectivity index (χ2v) is 6.49. The van der Waals surface area contributed by atoms with Gasteiger partial charge >= 0.3 is 0 Å². The Morgan fingerprint density at radius 2 is 1.77 bits per heavy atom. The van der Waals surface area contributed by atoms with E-state index < -0.39 is 6.10 Å². The second-order valence-electron chi connectivity index (χ2n) is 6.49. The van der Waals surface area contributed by atoms with Gasteiger partial charge in [-0.2, -0.15) is 0 Å². The van der Waals surface area contributed by atoms with Crippen LogP contribution < -0.4 is 0 Å². The molecule has 0 saturated carbocycles. The summed E-state index contributed by atoms with van der Waals surface area (Å²) in [4.78, 5) is 2.16. The molecule has 0 aliphatic heterocycles. The minimum absolute atomic E-state index is 0.253. The molecule has 2 aromatic heterocycles. The summed E-state index contributed by atoms with van der Waals surface area (Å²) in [6.07, 6.45) is 2.69. The summed E-state index contributed by atoms with van der Waals surface area (Å²) in [5, 5.41) is 10.4. The van der Waals surface area contributed by atoms with Gasteiger partial charge in [0.2, 0.25) is 0 Å². The van der Waals surface area contributed by atoms with Gasteiger partial charge in [0.05, 0.1) is 31.8 Å². The molecule has 1 aromatic carbocycles. The lowest BCUT2D eigenvalue weighted by Gasteiger charge is -2.24. The van der Waals surface area contributed by atoms with Crippen molar-refractivity contribution in [3.05, 3.63) is 83.7 Å². The van der Waals surface area contributed by atoms with Crippen LogP contribution in [0, 0.1) is 6.92 Å². The van der Waals surface area contributed by atoms with Crippen LogP contribution in [0.4, 0.5) is 0 Å². The van der Waals surface area contributed by atoms with Crippen molar-refractivity contribution in [1.29, 1.82) is 0 Å². The lowest BCUT2D eigenvalue weighted by molar-refractivity contribution is 0.00163. The first-order valence-corrected chi connectivity index (χ1v) is 8.77. The Labute approximate surface area is 153 Å². The predicted octanol–water partition coefficient (Wildman–Crippen LogP) is 3.76. The van der Waals surface area contributed by atoms with Gasteiger partial charge in [0.1, 0.15) is 18.1 Å². The zero-order valence-electron chi connectivity index (χ0n) is 15.0. The van der Waals surface area contributed by atoms with Crippen LogP contribution in [0.1, 0.15) is 22.6 Å². The Bertz CT molecular complexity index is 752. The number of hydrogen-bond donors (Lipinski definition) is 1. The fraction of sp³-hybridized carbons (Fsp3) is 0.333. The molecular formula is C21H25NO4. The molecule has 0 spiro atoms. The summed E-state index contributed by atoms with van der Waals surface area (Å²) >= 11 is 0. The first-order chi connectivity index (χ1) is 12.7. The Kier molecular flexibility index (Phi) is 6.66. The molecule has 2 heterocycles. The fourth-order valence-corrected chi connectivity index (χ4v) is 2.92. The highest BCUT2D eigenvalue weighted by Gasteiger charge is 2.15. The average molecular weight is 355 g/mol. The van der Waals surface area contributed by atoms with Crippen LogP contribution >= 0.6 is 0 Å².